The van der Waals surface area contributed by atoms with Crippen LogP contribution in [0.25, 0.3) is 0 Å². The minimum absolute atomic E-state index is 0.288. The number of imidazole rings is 1. The zero-order chi connectivity index (χ0) is 21.0. The van der Waals surface area contributed by atoms with Crippen molar-refractivity contribution < 1.29 is 9.53 Å². The SMILES string of the molecule is CCN(Cc1cn(C)cn1)CC1CCCC(C)C1(OC)c1ccnc(C(N)=O)c1. The number of primary amides is 1. The van der Waals surface area contributed by atoms with Crippen molar-refractivity contribution in [2.45, 2.75) is 45.3 Å². The van der Waals surface area contributed by atoms with Gasteiger partial charge in [-0.25, -0.2) is 4.98 Å². The molecule has 7 heteroatoms. The molecule has 0 saturated heterocycles. The molecule has 29 heavy (non-hydrogen) atoms. The number of rotatable bonds is 8. The van der Waals surface area contributed by atoms with Crippen LogP contribution in [-0.4, -0.2) is 45.5 Å². The minimum atomic E-state index is -0.511. The lowest BCUT2D eigenvalue weighted by atomic mass is 9.65. The van der Waals surface area contributed by atoms with Crippen molar-refractivity contribution in [1.82, 2.24) is 19.4 Å². The summed E-state index contributed by atoms with van der Waals surface area (Å²) in [6, 6.07) is 3.79. The van der Waals surface area contributed by atoms with Crippen molar-refractivity contribution in [2.75, 3.05) is 20.2 Å². The zero-order valence-corrected chi connectivity index (χ0v) is 18.0. The Balaban J connectivity index is 1.92. The summed E-state index contributed by atoms with van der Waals surface area (Å²) in [6.07, 6.45) is 8.91. The van der Waals surface area contributed by atoms with Crippen LogP contribution < -0.4 is 5.73 Å². The van der Waals surface area contributed by atoms with Crippen molar-refractivity contribution in [3.63, 3.8) is 0 Å². The van der Waals surface area contributed by atoms with E-state index < -0.39 is 11.5 Å². The first-order chi connectivity index (χ1) is 13.9. The van der Waals surface area contributed by atoms with Crippen LogP contribution in [0.3, 0.4) is 0 Å². The Morgan fingerprint density at radius 3 is 2.83 bits per heavy atom. The van der Waals surface area contributed by atoms with Gasteiger partial charge in [-0.15, -0.1) is 0 Å². The van der Waals surface area contributed by atoms with Crippen LogP contribution in [0.15, 0.2) is 30.9 Å². The van der Waals surface area contributed by atoms with E-state index in [0.29, 0.717) is 11.8 Å². The van der Waals surface area contributed by atoms with Gasteiger partial charge in [0.1, 0.15) is 5.69 Å². The smallest absolute Gasteiger partial charge is 0.267 e. The summed E-state index contributed by atoms with van der Waals surface area (Å²) in [5.41, 5.74) is 7.38. The number of carbonyl (C=O) groups excluding carboxylic acids is 1. The summed E-state index contributed by atoms with van der Waals surface area (Å²) in [6.45, 7) is 7.07. The molecule has 1 aliphatic rings. The second kappa shape index (κ2) is 9.05. The lowest BCUT2D eigenvalue weighted by Crippen LogP contribution is -2.50. The van der Waals surface area contributed by atoms with Gasteiger partial charge >= 0.3 is 0 Å². The van der Waals surface area contributed by atoms with Crippen LogP contribution in [0.4, 0.5) is 0 Å². The first-order valence-corrected chi connectivity index (χ1v) is 10.4. The van der Waals surface area contributed by atoms with Crippen molar-refractivity contribution in [3.8, 4) is 0 Å². The van der Waals surface area contributed by atoms with Gasteiger partial charge in [0.2, 0.25) is 0 Å². The van der Waals surface area contributed by atoms with Crippen LogP contribution in [0.2, 0.25) is 0 Å². The second-order valence-electron chi connectivity index (χ2n) is 8.18. The van der Waals surface area contributed by atoms with Gasteiger partial charge in [-0.05, 0) is 43.0 Å². The molecular weight excluding hydrogens is 366 g/mol. The summed E-state index contributed by atoms with van der Waals surface area (Å²) < 4.78 is 8.28. The van der Waals surface area contributed by atoms with Crippen LogP contribution in [0, 0.1) is 11.8 Å². The fourth-order valence-corrected chi connectivity index (χ4v) is 4.94. The van der Waals surface area contributed by atoms with E-state index in [1.807, 2.05) is 30.1 Å². The minimum Gasteiger partial charge on any atom is -0.373 e. The van der Waals surface area contributed by atoms with Crippen LogP contribution >= 0.6 is 0 Å². The summed E-state index contributed by atoms with van der Waals surface area (Å²) >= 11 is 0. The average molecular weight is 400 g/mol. The Morgan fingerprint density at radius 2 is 2.21 bits per heavy atom. The number of amides is 1. The monoisotopic (exact) mass is 399 g/mol. The largest absolute Gasteiger partial charge is 0.373 e. The summed E-state index contributed by atoms with van der Waals surface area (Å²) in [7, 11) is 3.78. The van der Waals surface area contributed by atoms with Gasteiger partial charge in [0, 0.05) is 45.6 Å². The molecule has 3 unspecified atom stereocenters. The normalized spacial score (nSPS) is 24.7. The number of carbonyl (C=O) groups is 1. The molecule has 0 spiro atoms. The van der Waals surface area contributed by atoms with Crippen LogP contribution in [0.5, 0.6) is 0 Å². The molecule has 0 aliphatic heterocycles. The maximum atomic E-state index is 11.7. The topological polar surface area (TPSA) is 86.3 Å². The number of aromatic nitrogens is 3. The summed E-state index contributed by atoms with van der Waals surface area (Å²) in [5.74, 6) is 0.106. The number of nitrogens with zero attached hydrogens (tertiary/aromatic N) is 4. The van der Waals surface area contributed by atoms with Gasteiger partial charge < -0.3 is 15.0 Å². The summed E-state index contributed by atoms with van der Waals surface area (Å²) in [4.78, 5) is 22.8. The zero-order valence-electron chi connectivity index (χ0n) is 18.0. The van der Waals surface area contributed by atoms with Gasteiger partial charge in [0.15, 0.2) is 0 Å². The molecule has 1 aliphatic carbocycles. The summed E-state index contributed by atoms with van der Waals surface area (Å²) in [5, 5.41) is 0. The Kier molecular flexibility index (Phi) is 6.70. The third-order valence-corrected chi connectivity index (χ3v) is 6.40. The highest BCUT2D eigenvalue weighted by atomic mass is 16.5. The first kappa shape index (κ1) is 21.5. The van der Waals surface area contributed by atoms with Crippen molar-refractivity contribution in [2.24, 2.45) is 24.6 Å². The predicted molar refractivity (Wildman–Crippen MR) is 112 cm³/mol. The molecule has 0 aromatic carbocycles. The van der Waals surface area contributed by atoms with E-state index in [9.17, 15) is 4.79 Å². The maximum Gasteiger partial charge on any atom is 0.267 e. The molecule has 2 N–H and O–H groups in total. The molecule has 3 atom stereocenters. The first-order valence-electron chi connectivity index (χ1n) is 10.4. The molecule has 0 radical (unpaired) electrons. The second-order valence-corrected chi connectivity index (χ2v) is 8.18. The molecule has 1 amide bonds. The van der Waals surface area contributed by atoms with Gasteiger partial charge in [-0.1, -0.05) is 20.3 Å². The van der Waals surface area contributed by atoms with Gasteiger partial charge in [-0.3, -0.25) is 14.7 Å². The molecule has 1 fully saturated rings. The third kappa shape index (κ3) is 4.36. The van der Waals surface area contributed by atoms with E-state index in [0.717, 1.165) is 43.7 Å². The molecular formula is C22H33N5O2. The molecule has 1 saturated carbocycles. The van der Waals surface area contributed by atoms with Crippen molar-refractivity contribution in [1.29, 1.82) is 0 Å². The number of methoxy groups -OCH3 is 1. The van der Waals surface area contributed by atoms with Gasteiger partial charge in [-0.2, -0.15) is 0 Å². The fraction of sp³-hybridized carbons (Fsp3) is 0.591. The number of pyridine rings is 1. The van der Waals surface area contributed by atoms with E-state index in [4.69, 9.17) is 10.5 Å². The number of hydrogen-bond acceptors (Lipinski definition) is 5. The number of hydrogen-bond donors (Lipinski definition) is 1. The molecule has 158 valence electrons. The number of ether oxygens (including phenoxy) is 1. The molecule has 2 heterocycles. The van der Waals surface area contributed by atoms with E-state index in [2.05, 4.69) is 34.9 Å². The molecule has 7 nitrogen and oxygen atoms in total. The lowest BCUT2D eigenvalue weighted by molar-refractivity contribution is -0.133. The van der Waals surface area contributed by atoms with Crippen molar-refractivity contribution >= 4 is 5.91 Å². The molecule has 0 bridgehead atoms. The average Bonchev–Trinajstić information content (AvgIpc) is 3.12. The fourth-order valence-electron chi connectivity index (χ4n) is 4.94. The molecule has 3 rings (SSSR count). The Bertz CT molecular complexity index is 836. The predicted octanol–water partition coefficient (Wildman–Crippen LogP) is 2.71. The number of aryl methyl sites for hydroxylation is 1. The highest BCUT2D eigenvalue weighted by molar-refractivity contribution is 5.90. The molecule has 2 aromatic rings. The highest BCUT2D eigenvalue weighted by Gasteiger charge is 2.48. The Hall–Kier alpha value is -2.25. The number of nitrogens with two attached hydrogens (primary N) is 1. The standard InChI is InChI=1S/C22H33N5O2/c1-5-27(14-19-13-26(3)15-25-19)12-18-8-6-7-16(2)22(18,29-4)17-9-10-24-20(11-17)21(23)28/h9-11,13,15-16,18H,5-8,12,14H2,1-4H3,(H2,23,28). The van der Waals surface area contributed by atoms with Gasteiger partial charge in [0.05, 0.1) is 17.6 Å². The van der Waals surface area contributed by atoms with E-state index in [1.165, 1.54) is 6.42 Å². The maximum absolute atomic E-state index is 11.7. The van der Waals surface area contributed by atoms with E-state index >= 15 is 0 Å². The molecule has 2 aromatic heterocycles. The van der Waals surface area contributed by atoms with E-state index in [-0.39, 0.29) is 5.69 Å². The van der Waals surface area contributed by atoms with Crippen LogP contribution in [0.1, 0.15) is 54.9 Å². The Labute approximate surface area is 173 Å². The van der Waals surface area contributed by atoms with Crippen molar-refractivity contribution in [3.05, 3.63) is 47.8 Å². The highest BCUT2D eigenvalue weighted by Crippen LogP contribution is 2.48. The third-order valence-electron chi connectivity index (χ3n) is 6.40. The van der Waals surface area contributed by atoms with Gasteiger partial charge in [0.25, 0.3) is 5.91 Å². The van der Waals surface area contributed by atoms with Crippen LogP contribution in [-0.2, 0) is 23.9 Å². The quantitative estimate of drug-likeness (QED) is 0.738. The Morgan fingerprint density at radius 1 is 1.41 bits per heavy atom. The lowest BCUT2D eigenvalue weighted by Gasteiger charge is -2.49. The van der Waals surface area contributed by atoms with E-state index in [1.54, 1.807) is 13.3 Å².